The van der Waals surface area contributed by atoms with Gasteiger partial charge in [-0.25, -0.2) is 0 Å². The molecule has 6 atom stereocenters. The Bertz CT molecular complexity index is 962. The van der Waals surface area contributed by atoms with Crippen molar-refractivity contribution in [2.45, 2.75) is 36.6 Å². The number of hydrogen-bond acceptors (Lipinski definition) is 10. The Labute approximate surface area is 234 Å². The summed E-state index contributed by atoms with van der Waals surface area (Å²) in [5.41, 5.74) is 2.40. The second kappa shape index (κ2) is 12.1. The number of hydrogen-bond donors (Lipinski definition) is 0. The number of rotatable bonds is 16. The van der Waals surface area contributed by atoms with Crippen molar-refractivity contribution in [2.75, 3.05) is 88.8 Å². The Balaban J connectivity index is 0.000000132. The molecule has 6 unspecified atom stereocenters. The van der Waals surface area contributed by atoms with Gasteiger partial charge in [0.25, 0.3) is 0 Å². The zero-order valence-electron chi connectivity index (χ0n) is 22.7. The molecule has 0 bridgehead atoms. The van der Waals surface area contributed by atoms with Crippen LogP contribution in [0.3, 0.4) is 0 Å². The minimum Gasteiger partial charge on any atom is -0.491 e. The average Bonchev–Trinajstić information content (AvgIpc) is 3.75. The lowest BCUT2D eigenvalue weighted by Crippen LogP contribution is -2.31. The summed E-state index contributed by atoms with van der Waals surface area (Å²) in [5, 5.41) is 0. The molecule has 0 saturated carbocycles. The normalized spacial score (nSPS) is 29.9. The fourth-order valence-corrected chi connectivity index (χ4v) is 4.46. The number of nitrogens with zero attached hydrogens (tertiary/aromatic N) is 2. The number of epoxide rings is 6. The Morgan fingerprint density at radius 1 is 0.450 bits per heavy atom. The Kier molecular flexibility index (Phi) is 7.96. The Morgan fingerprint density at radius 2 is 0.725 bits per heavy atom. The van der Waals surface area contributed by atoms with E-state index < -0.39 is 0 Å². The highest BCUT2D eigenvalue weighted by atomic mass is 16.6. The van der Waals surface area contributed by atoms with Crippen molar-refractivity contribution in [2.24, 2.45) is 0 Å². The molecule has 10 heteroatoms. The van der Waals surface area contributed by atoms with Crippen molar-refractivity contribution >= 4 is 11.4 Å². The van der Waals surface area contributed by atoms with E-state index in [-0.39, 0.29) is 0 Å². The lowest BCUT2D eigenvalue weighted by atomic mass is 10.2. The second-order valence-corrected chi connectivity index (χ2v) is 11.2. The minimum absolute atomic E-state index is 0.296. The summed E-state index contributed by atoms with van der Waals surface area (Å²) in [7, 11) is 0. The smallest absolute Gasteiger partial charge is 0.119 e. The first-order valence-corrected chi connectivity index (χ1v) is 14.4. The summed E-state index contributed by atoms with van der Waals surface area (Å²) in [6.45, 7) is 10.2. The third kappa shape index (κ3) is 8.70. The molecule has 2 aromatic rings. The van der Waals surface area contributed by atoms with Gasteiger partial charge in [-0.2, -0.15) is 0 Å². The summed E-state index contributed by atoms with van der Waals surface area (Å²) < 4.78 is 42.9. The topological polar surface area (TPSA) is 100 Å². The molecule has 8 rings (SSSR count). The van der Waals surface area contributed by atoms with Crippen LogP contribution in [0, 0.1) is 0 Å². The largest absolute Gasteiger partial charge is 0.491 e. The second-order valence-electron chi connectivity index (χ2n) is 11.2. The lowest BCUT2D eigenvalue weighted by Gasteiger charge is -2.23. The van der Waals surface area contributed by atoms with Crippen LogP contribution >= 0.6 is 0 Å². The third-order valence-electron chi connectivity index (χ3n) is 7.39. The standard InChI is InChI=1S/2C15H19NO4/c2*1-3-12(17-9-15-10-20-15)4-2-11(1)16(5-13-7-18-13)6-14-8-19-14/h2*1-4,13-15H,5-10H2. The van der Waals surface area contributed by atoms with Gasteiger partial charge in [0.15, 0.2) is 0 Å². The van der Waals surface area contributed by atoms with Crippen molar-refractivity contribution in [3.8, 4) is 11.5 Å². The van der Waals surface area contributed by atoms with Crippen molar-refractivity contribution < 1.29 is 37.9 Å². The van der Waals surface area contributed by atoms with E-state index in [1.165, 1.54) is 11.4 Å². The van der Waals surface area contributed by atoms with Gasteiger partial charge in [0.2, 0.25) is 0 Å². The Hall–Kier alpha value is -2.60. The quantitative estimate of drug-likeness (QED) is 0.287. The van der Waals surface area contributed by atoms with Crippen LogP contribution in [0.1, 0.15) is 0 Å². The van der Waals surface area contributed by atoms with Crippen molar-refractivity contribution in [3.05, 3.63) is 48.5 Å². The van der Waals surface area contributed by atoms with E-state index in [2.05, 4.69) is 34.1 Å². The van der Waals surface area contributed by atoms with Gasteiger partial charge in [0, 0.05) is 37.6 Å². The minimum atomic E-state index is 0.296. The van der Waals surface area contributed by atoms with Crippen molar-refractivity contribution in [1.82, 2.24) is 0 Å². The van der Waals surface area contributed by atoms with Crippen LogP contribution in [-0.4, -0.2) is 116 Å². The van der Waals surface area contributed by atoms with Crippen LogP contribution in [-0.2, 0) is 28.4 Å². The van der Waals surface area contributed by atoms with E-state index >= 15 is 0 Å². The summed E-state index contributed by atoms with van der Waals surface area (Å²) in [5.74, 6) is 1.80. The van der Waals surface area contributed by atoms with E-state index in [0.717, 1.165) is 77.3 Å². The lowest BCUT2D eigenvalue weighted by molar-refractivity contribution is 0.263. The predicted octanol–water partition coefficient (Wildman–Crippen LogP) is 2.14. The molecule has 40 heavy (non-hydrogen) atoms. The third-order valence-corrected chi connectivity index (χ3v) is 7.39. The number of anilines is 2. The molecular weight excluding hydrogens is 516 g/mol. The van der Waals surface area contributed by atoms with Crippen molar-refractivity contribution in [3.63, 3.8) is 0 Å². The van der Waals surface area contributed by atoms with E-state index in [1.54, 1.807) is 0 Å². The molecule has 2 aromatic carbocycles. The van der Waals surface area contributed by atoms with Gasteiger partial charge in [-0.3, -0.25) is 0 Å². The van der Waals surface area contributed by atoms with Crippen LogP contribution < -0.4 is 19.3 Å². The highest BCUT2D eigenvalue weighted by Crippen LogP contribution is 2.26. The maximum atomic E-state index is 5.66. The molecule has 216 valence electrons. The number of ether oxygens (including phenoxy) is 8. The molecule has 6 fully saturated rings. The number of benzene rings is 2. The first kappa shape index (κ1) is 26.3. The maximum absolute atomic E-state index is 5.66. The molecule has 6 aliphatic rings. The van der Waals surface area contributed by atoms with E-state index in [0.29, 0.717) is 49.8 Å². The summed E-state index contributed by atoms with van der Waals surface area (Å²) >= 11 is 0. The van der Waals surface area contributed by atoms with Gasteiger partial charge in [0.05, 0.1) is 64.1 Å². The molecule has 0 spiro atoms. The van der Waals surface area contributed by atoms with Crippen molar-refractivity contribution in [1.29, 1.82) is 0 Å². The molecule has 6 heterocycles. The first-order chi connectivity index (χ1) is 19.7. The summed E-state index contributed by atoms with van der Waals surface area (Å²) in [6, 6.07) is 16.5. The zero-order chi connectivity index (χ0) is 26.7. The molecule has 6 saturated heterocycles. The molecule has 6 aliphatic heterocycles. The SMILES string of the molecule is c1cc(N(CC2CO2)CC2CO2)ccc1OCC1CO1.c1cc(N(CC2CO2)CC2CO2)ccc1OCC1CO1. The molecule has 0 radical (unpaired) electrons. The van der Waals surface area contributed by atoms with Gasteiger partial charge < -0.3 is 47.7 Å². The van der Waals surface area contributed by atoms with E-state index in [9.17, 15) is 0 Å². The summed E-state index contributed by atoms with van der Waals surface area (Å²) in [6.07, 6.45) is 2.14. The van der Waals surface area contributed by atoms with E-state index in [1.807, 2.05) is 24.3 Å². The molecule has 10 nitrogen and oxygen atoms in total. The highest BCUT2D eigenvalue weighted by Gasteiger charge is 2.32. The van der Waals surface area contributed by atoms with E-state index in [4.69, 9.17) is 37.9 Å². The molecule has 0 aliphatic carbocycles. The zero-order valence-corrected chi connectivity index (χ0v) is 22.7. The fourth-order valence-electron chi connectivity index (χ4n) is 4.46. The summed E-state index contributed by atoms with van der Waals surface area (Å²) in [4.78, 5) is 4.67. The molecule has 0 amide bonds. The van der Waals surface area contributed by atoms with Crippen LogP contribution in [0.2, 0.25) is 0 Å². The van der Waals surface area contributed by atoms with Gasteiger partial charge in [-0.15, -0.1) is 0 Å². The molecule has 0 N–H and O–H groups in total. The highest BCUT2D eigenvalue weighted by molar-refractivity contribution is 5.50. The van der Waals surface area contributed by atoms with Crippen LogP contribution in [0.15, 0.2) is 48.5 Å². The predicted molar refractivity (Wildman–Crippen MR) is 147 cm³/mol. The molecular formula is C30H38N2O8. The van der Waals surface area contributed by atoms with Gasteiger partial charge in [0.1, 0.15) is 36.9 Å². The monoisotopic (exact) mass is 554 g/mol. The van der Waals surface area contributed by atoms with Crippen LogP contribution in [0.25, 0.3) is 0 Å². The van der Waals surface area contributed by atoms with Gasteiger partial charge in [-0.05, 0) is 48.5 Å². The fraction of sp³-hybridized carbons (Fsp3) is 0.600. The average molecular weight is 555 g/mol. The maximum Gasteiger partial charge on any atom is 0.119 e. The first-order valence-electron chi connectivity index (χ1n) is 14.4. The van der Waals surface area contributed by atoms with Gasteiger partial charge in [-0.1, -0.05) is 0 Å². The Morgan fingerprint density at radius 3 is 0.975 bits per heavy atom. The molecule has 0 aromatic heterocycles. The van der Waals surface area contributed by atoms with Crippen LogP contribution in [0.4, 0.5) is 11.4 Å². The van der Waals surface area contributed by atoms with Crippen LogP contribution in [0.5, 0.6) is 11.5 Å². The van der Waals surface area contributed by atoms with Gasteiger partial charge >= 0.3 is 0 Å².